The number of esters is 2. The van der Waals surface area contributed by atoms with Crippen LogP contribution in [0.25, 0.3) is 0 Å². The van der Waals surface area contributed by atoms with E-state index in [0.717, 1.165) is 5.57 Å². The second-order valence-corrected chi connectivity index (χ2v) is 6.99. The Morgan fingerprint density at radius 1 is 1.50 bits per heavy atom. The molecule has 0 spiro atoms. The van der Waals surface area contributed by atoms with Crippen LogP contribution in [-0.2, 0) is 19.1 Å². The van der Waals surface area contributed by atoms with E-state index in [2.05, 4.69) is 13.5 Å². The van der Waals surface area contributed by atoms with E-state index in [9.17, 15) is 14.7 Å². The fraction of sp³-hybridized carbons (Fsp3) is 0.647. The molecule has 5 atom stereocenters. The SMILES string of the molecule is C=C1C(=O)OC2C3C(C)=CCC(OC(C)=O)C3(C)CCC12O. The molecule has 3 rings (SSSR count). The highest BCUT2D eigenvalue weighted by Gasteiger charge is 2.64. The summed E-state index contributed by atoms with van der Waals surface area (Å²) in [5.41, 5.74) is -0.459. The van der Waals surface area contributed by atoms with Crippen molar-refractivity contribution in [2.75, 3.05) is 0 Å². The number of rotatable bonds is 1. The third-order valence-corrected chi connectivity index (χ3v) is 5.72. The van der Waals surface area contributed by atoms with Gasteiger partial charge in [0.2, 0.25) is 0 Å². The predicted molar refractivity (Wildman–Crippen MR) is 78.7 cm³/mol. The highest BCUT2D eigenvalue weighted by atomic mass is 16.6. The molecule has 1 saturated carbocycles. The predicted octanol–water partition coefficient (Wildman–Crippen LogP) is 1.90. The highest BCUT2D eigenvalue weighted by molar-refractivity contribution is 5.93. The van der Waals surface area contributed by atoms with Crippen molar-refractivity contribution in [2.45, 2.75) is 57.8 Å². The number of ether oxygens (including phenoxy) is 2. The molecule has 3 aliphatic rings. The van der Waals surface area contributed by atoms with Crippen molar-refractivity contribution in [3.05, 3.63) is 23.8 Å². The molecule has 1 saturated heterocycles. The first-order valence-electron chi connectivity index (χ1n) is 7.67. The topological polar surface area (TPSA) is 72.8 Å². The molecule has 5 nitrogen and oxygen atoms in total. The zero-order valence-electron chi connectivity index (χ0n) is 13.2. The Morgan fingerprint density at radius 2 is 2.18 bits per heavy atom. The lowest BCUT2D eigenvalue weighted by Gasteiger charge is -2.54. The molecule has 1 N–H and O–H groups in total. The van der Waals surface area contributed by atoms with Crippen molar-refractivity contribution in [3.63, 3.8) is 0 Å². The average Bonchev–Trinajstić information content (AvgIpc) is 2.66. The van der Waals surface area contributed by atoms with E-state index in [-0.39, 0.29) is 29.0 Å². The van der Waals surface area contributed by atoms with Crippen LogP contribution in [-0.4, -0.2) is 34.9 Å². The van der Waals surface area contributed by atoms with E-state index in [0.29, 0.717) is 19.3 Å². The molecule has 0 aromatic rings. The van der Waals surface area contributed by atoms with Crippen molar-refractivity contribution in [1.29, 1.82) is 0 Å². The maximum atomic E-state index is 11.9. The van der Waals surface area contributed by atoms with Crippen molar-refractivity contribution in [2.24, 2.45) is 11.3 Å². The summed E-state index contributed by atoms with van der Waals surface area (Å²) in [6.07, 6.45) is 2.78. The lowest BCUT2D eigenvalue weighted by Crippen LogP contribution is -2.59. The van der Waals surface area contributed by atoms with E-state index in [1.807, 2.05) is 13.0 Å². The van der Waals surface area contributed by atoms with Gasteiger partial charge >= 0.3 is 11.9 Å². The molecule has 5 heteroatoms. The van der Waals surface area contributed by atoms with Crippen LogP contribution in [0.3, 0.4) is 0 Å². The Balaban J connectivity index is 2.03. The van der Waals surface area contributed by atoms with Gasteiger partial charge in [0, 0.05) is 24.7 Å². The lowest BCUT2D eigenvalue weighted by molar-refractivity contribution is -0.181. The van der Waals surface area contributed by atoms with E-state index >= 15 is 0 Å². The van der Waals surface area contributed by atoms with Gasteiger partial charge in [0.05, 0.1) is 5.57 Å². The van der Waals surface area contributed by atoms with Gasteiger partial charge in [-0.3, -0.25) is 4.79 Å². The molecule has 0 aromatic carbocycles. The Hall–Kier alpha value is -1.62. The number of carbonyl (C=O) groups excluding carboxylic acids is 2. The van der Waals surface area contributed by atoms with Gasteiger partial charge in [-0.25, -0.2) is 4.79 Å². The molecular weight excluding hydrogens is 284 g/mol. The monoisotopic (exact) mass is 306 g/mol. The van der Waals surface area contributed by atoms with Crippen LogP contribution in [0.4, 0.5) is 0 Å². The van der Waals surface area contributed by atoms with Gasteiger partial charge in [0.15, 0.2) is 0 Å². The first-order valence-corrected chi connectivity index (χ1v) is 7.67. The minimum Gasteiger partial charge on any atom is -0.462 e. The van der Waals surface area contributed by atoms with Gasteiger partial charge in [-0.1, -0.05) is 25.2 Å². The van der Waals surface area contributed by atoms with Crippen LogP contribution in [0.2, 0.25) is 0 Å². The minimum atomic E-state index is -1.31. The molecule has 5 unspecified atom stereocenters. The van der Waals surface area contributed by atoms with Crippen molar-refractivity contribution in [3.8, 4) is 0 Å². The van der Waals surface area contributed by atoms with Crippen LogP contribution in [0.15, 0.2) is 23.8 Å². The summed E-state index contributed by atoms with van der Waals surface area (Å²) in [7, 11) is 0. The van der Waals surface area contributed by atoms with E-state index in [1.54, 1.807) is 0 Å². The Morgan fingerprint density at radius 3 is 2.82 bits per heavy atom. The first-order chi connectivity index (χ1) is 10.2. The lowest BCUT2D eigenvalue weighted by atomic mass is 9.54. The molecule has 0 bridgehead atoms. The quantitative estimate of drug-likeness (QED) is 0.455. The second kappa shape index (κ2) is 4.69. The molecule has 0 aromatic heterocycles. The van der Waals surface area contributed by atoms with E-state index < -0.39 is 17.7 Å². The zero-order valence-corrected chi connectivity index (χ0v) is 13.2. The van der Waals surface area contributed by atoms with Crippen LogP contribution < -0.4 is 0 Å². The maximum Gasteiger partial charge on any atom is 0.336 e. The molecule has 2 fully saturated rings. The summed E-state index contributed by atoms with van der Waals surface area (Å²) in [6.45, 7) is 9.15. The molecule has 1 heterocycles. The Labute approximate surface area is 130 Å². The molecule has 2 aliphatic carbocycles. The van der Waals surface area contributed by atoms with Gasteiger partial charge in [-0.2, -0.15) is 0 Å². The van der Waals surface area contributed by atoms with Gasteiger partial charge < -0.3 is 14.6 Å². The van der Waals surface area contributed by atoms with Crippen LogP contribution >= 0.6 is 0 Å². The number of hydrogen-bond acceptors (Lipinski definition) is 5. The molecule has 120 valence electrons. The maximum absolute atomic E-state index is 11.9. The van der Waals surface area contributed by atoms with Crippen molar-refractivity contribution in [1.82, 2.24) is 0 Å². The largest absolute Gasteiger partial charge is 0.462 e. The van der Waals surface area contributed by atoms with Gasteiger partial charge in [-0.05, 0) is 19.8 Å². The third-order valence-electron chi connectivity index (χ3n) is 5.72. The summed E-state index contributed by atoms with van der Waals surface area (Å²) >= 11 is 0. The number of fused-ring (bicyclic) bond motifs is 3. The van der Waals surface area contributed by atoms with E-state index in [4.69, 9.17) is 9.47 Å². The standard InChI is InChI=1S/C17H22O5/c1-9-5-6-12(21-11(3)18)16(4)7-8-17(20)10(2)15(19)22-14(17)13(9)16/h5,12-14,20H,2,6-8H2,1,3-4H3. The van der Waals surface area contributed by atoms with Crippen LogP contribution in [0.5, 0.6) is 0 Å². The first kappa shape index (κ1) is 15.3. The van der Waals surface area contributed by atoms with Gasteiger partial charge in [0.1, 0.15) is 17.8 Å². The fourth-order valence-electron chi connectivity index (χ4n) is 4.42. The molecule has 1 aliphatic heterocycles. The van der Waals surface area contributed by atoms with Crippen molar-refractivity contribution < 1.29 is 24.2 Å². The van der Waals surface area contributed by atoms with Crippen LogP contribution in [0.1, 0.15) is 40.0 Å². The number of hydrogen-bond donors (Lipinski definition) is 1. The number of aliphatic hydroxyl groups is 1. The van der Waals surface area contributed by atoms with Gasteiger partial charge in [0.25, 0.3) is 0 Å². The normalized spacial score (nSPS) is 43.8. The van der Waals surface area contributed by atoms with Gasteiger partial charge in [-0.15, -0.1) is 0 Å². The Kier molecular flexibility index (Phi) is 3.25. The summed E-state index contributed by atoms with van der Waals surface area (Å²) in [5, 5.41) is 10.9. The summed E-state index contributed by atoms with van der Waals surface area (Å²) in [5.74, 6) is -1.02. The molecule has 0 radical (unpaired) electrons. The summed E-state index contributed by atoms with van der Waals surface area (Å²) in [6, 6.07) is 0. The summed E-state index contributed by atoms with van der Waals surface area (Å²) in [4.78, 5) is 23.3. The number of carbonyl (C=O) groups is 2. The third kappa shape index (κ3) is 1.88. The van der Waals surface area contributed by atoms with E-state index in [1.165, 1.54) is 6.92 Å². The molecular formula is C17H22O5. The minimum absolute atomic E-state index is 0.141. The Bertz CT molecular complexity index is 592. The summed E-state index contributed by atoms with van der Waals surface area (Å²) < 4.78 is 11.0. The average molecular weight is 306 g/mol. The second-order valence-electron chi connectivity index (χ2n) is 6.99. The smallest absolute Gasteiger partial charge is 0.336 e. The molecule has 0 amide bonds. The zero-order chi connectivity index (χ0) is 16.3. The van der Waals surface area contributed by atoms with Crippen molar-refractivity contribution >= 4 is 11.9 Å². The molecule has 22 heavy (non-hydrogen) atoms. The highest BCUT2D eigenvalue weighted by Crippen LogP contribution is 2.58. The fourth-order valence-corrected chi connectivity index (χ4v) is 4.42. The van der Waals surface area contributed by atoms with Crippen LogP contribution in [0, 0.1) is 11.3 Å².